The maximum absolute atomic E-state index is 12.6. The molecule has 1 aromatic carbocycles. The van der Waals surface area contributed by atoms with E-state index in [0.717, 1.165) is 0 Å². The SMILES string of the molecule is CN1C(=O)[C@@](C)(CC(C)(C)C)c2cc(OC(F)(F)F)ccc21. The van der Waals surface area contributed by atoms with Gasteiger partial charge in [0, 0.05) is 12.7 Å². The number of carbonyl (C=O) groups is 1. The molecule has 0 unspecified atom stereocenters. The number of likely N-dealkylation sites (N-methyl/N-ethyl adjacent to an activating group) is 1. The first-order chi connectivity index (χ1) is 9.83. The van der Waals surface area contributed by atoms with E-state index in [1.165, 1.54) is 23.1 Å². The van der Waals surface area contributed by atoms with Crippen LogP contribution in [0.3, 0.4) is 0 Å². The van der Waals surface area contributed by atoms with Crippen molar-refractivity contribution in [3.05, 3.63) is 23.8 Å². The van der Waals surface area contributed by atoms with Gasteiger partial charge in [0.15, 0.2) is 0 Å². The largest absolute Gasteiger partial charge is 0.573 e. The Morgan fingerprint density at radius 3 is 2.32 bits per heavy atom. The van der Waals surface area contributed by atoms with Crippen LogP contribution in [0.2, 0.25) is 0 Å². The molecule has 1 aliphatic rings. The molecular formula is C16H20F3NO2. The van der Waals surface area contributed by atoms with Crippen molar-refractivity contribution >= 4 is 11.6 Å². The van der Waals surface area contributed by atoms with Gasteiger partial charge >= 0.3 is 6.36 Å². The Bertz CT molecular complexity index is 604. The molecule has 1 aliphatic heterocycles. The molecule has 0 saturated heterocycles. The van der Waals surface area contributed by atoms with E-state index in [1.54, 1.807) is 14.0 Å². The Hall–Kier alpha value is -1.72. The van der Waals surface area contributed by atoms with Crippen molar-refractivity contribution in [1.29, 1.82) is 0 Å². The van der Waals surface area contributed by atoms with Crippen LogP contribution in [-0.4, -0.2) is 19.3 Å². The van der Waals surface area contributed by atoms with Crippen molar-refractivity contribution in [3.63, 3.8) is 0 Å². The second kappa shape index (κ2) is 4.89. The van der Waals surface area contributed by atoms with Crippen molar-refractivity contribution in [1.82, 2.24) is 0 Å². The number of rotatable bonds is 2. The summed E-state index contributed by atoms with van der Waals surface area (Å²) in [4.78, 5) is 14.1. The molecule has 0 aliphatic carbocycles. The number of halogens is 3. The molecule has 22 heavy (non-hydrogen) atoms. The lowest BCUT2D eigenvalue weighted by Crippen LogP contribution is -2.39. The summed E-state index contributed by atoms with van der Waals surface area (Å²) < 4.78 is 41.2. The van der Waals surface area contributed by atoms with E-state index in [2.05, 4.69) is 4.74 Å². The smallest absolute Gasteiger partial charge is 0.406 e. The third kappa shape index (κ3) is 3.05. The number of hydrogen-bond donors (Lipinski definition) is 0. The van der Waals surface area contributed by atoms with E-state index in [1.807, 2.05) is 20.8 Å². The summed E-state index contributed by atoms with van der Waals surface area (Å²) in [5.74, 6) is -0.406. The molecule has 1 aromatic rings. The number of amides is 1. The molecule has 0 saturated carbocycles. The third-order valence-electron chi connectivity index (χ3n) is 3.82. The van der Waals surface area contributed by atoms with Gasteiger partial charge in [-0.15, -0.1) is 13.2 Å². The number of hydrogen-bond acceptors (Lipinski definition) is 2. The van der Waals surface area contributed by atoms with Crippen LogP contribution in [-0.2, 0) is 10.2 Å². The number of ether oxygens (including phenoxy) is 1. The fourth-order valence-electron chi connectivity index (χ4n) is 3.27. The van der Waals surface area contributed by atoms with Crippen molar-refractivity contribution in [2.24, 2.45) is 5.41 Å². The van der Waals surface area contributed by atoms with Gasteiger partial charge < -0.3 is 9.64 Å². The maximum atomic E-state index is 12.6. The quantitative estimate of drug-likeness (QED) is 0.816. The molecule has 0 N–H and O–H groups in total. The molecule has 6 heteroatoms. The zero-order valence-corrected chi connectivity index (χ0v) is 13.3. The highest BCUT2D eigenvalue weighted by Crippen LogP contribution is 2.48. The number of nitrogens with zero attached hydrogens (tertiary/aromatic N) is 1. The summed E-state index contributed by atoms with van der Waals surface area (Å²) in [7, 11) is 1.64. The lowest BCUT2D eigenvalue weighted by molar-refractivity contribution is -0.274. The molecule has 1 atom stereocenters. The van der Waals surface area contributed by atoms with Gasteiger partial charge in [-0.25, -0.2) is 0 Å². The van der Waals surface area contributed by atoms with Gasteiger partial charge in [-0.2, -0.15) is 0 Å². The first-order valence-electron chi connectivity index (χ1n) is 7.02. The highest BCUT2D eigenvalue weighted by Gasteiger charge is 2.48. The van der Waals surface area contributed by atoms with E-state index in [4.69, 9.17) is 0 Å². The van der Waals surface area contributed by atoms with Gasteiger partial charge in [0.25, 0.3) is 0 Å². The van der Waals surface area contributed by atoms with Crippen molar-refractivity contribution in [3.8, 4) is 5.75 Å². The fraction of sp³-hybridized carbons (Fsp3) is 0.562. The lowest BCUT2D eigenvalue weighted by Gasteiger charge is -2.31. The zero-order valence-electron chi connectivity index (χ0n) is 13.3. The fourth-order valence-corrected chi connectivity index (χ4v) is 3.27. The normalized spacial score (nSPS) is 22.0. The van der Waals surface area contributed by atoms with E-state index in [-0.39, 0.29) is 17.1 Å². The molecule has 0 bridgehead atoms. The van der Waals surface area contributed by atoms with E-state index in [9.17, 15) is 18.0 Å². The van der Waals surface area contributed by atoms with Crippen LogP contribution >= 0.6 is 0 Å². The average Bonchev–Trinajstić information content (AvgIpc) is 2.48. The summed E-state index contributed by atoms with van der Waals surface area (Å²) in [6.45, 7) is 7.78. The molecule has 1 heterocycles. The minimum atomic E-state index is -4.75. The minimum absolute atomic E-state index is 0.110. The Labute approximate surface area is 128 Å². The molecule has 3 nitrogen and oxygen atoms in total. The van der Waals surface area contributed by atoms with E-state index < -0.39 is 11.8 Å². The monoisotopic (exact) mass is 315 g/mol. The molecular weight excluding hydrogens is 295 g/mol. The lowest BCUT2D eigenvalue weighted by atomic mass is 9.71. The summed E-state index contributed by atoms with van der Waals surface area (Å²) >= 11 is 0. The summed E-state index contributed by atoms with van der Waals surface area (Å²) in [5, 5.41) is 0. The number of carbonyl (C=O) groups excluding carboxylic acids is 1. The molecule has 1 amide bonds. The Morgan fingerprint density at radius 2 is 1.82 bits per heavy atom. The molecule has 0 fully saturated rings. The van der Waals surface area contributed by atoms with Crippen LogP contribution in [0.15, 0.2) is 18.2 Å². The van der Waals surface area contributed by atoms with Crippen LogP contribution in [0.1, 0.15) is 39.7 Å². The van der Waals surface area contributed by atoms with Gasteiger partial charge in [-0.05, 0) is 42.5 Å². The maximum Gasteiger partial charge on any atom is 0.573 e. The van der Waals surface area contributed by atoms with Crippen LogP contribution < -0.4 is 9.64 Å². The molecule has 122 valence electrons. The highest BCUT2D eigenvalue weighted by molar-refractivity contribution is 6.07. The molecule has 0 aromatic heterocycles. The zero-order chi connectivity index (χ0) is 16.9. The molecule has 0 radical (unpaired) electrons. The first kappa shape index (κ1) is 16.6. The van der Waals surface area contributed by atoms with Crippen molar-refractivity contribution in [2.75, 3.05) is 11.9 Å². The van der Waals surface area contributed by atoms with Gasteiger partial charge in [0.1, 0.15) is 5.75 Å². The predicted molar refractivity (Wildman–Crippen MR) is 78.0 cm³/mol. The van der Waals surface area contributed by atoms with Crippen LogP contribution in [0.25, 0.3) is 0 Å². The second-order valence-corrected chi connectivity index (χ2v) is 7.16. The number of fused-ring (bicyclic) bond motifs is 1. The summed E-state index contributed by atoms with van der Waals surface area (Å²) in [5.41, 5.74) is 0.212. The van der Waals surface area contributed by atoms with Crippen molar-refractivity contribution < 1.29 is 22.7 Å². The number of benzene rings is 1. The van der Waals surface area contributed by atoms with Gasteiger partial charge in [0.05, 0.1) is 5.41 Å². The Morgan fingerprint density at radius 1 is 1.23 bits per heavy atom. The van der Waals surface area contributed by atoms with Crippen LogP contribution in [0.4, 0.5) is 18.9 Å². The van der Waals surface area contributed by atoms with Crippen molar-refractivity contribution in [2.45, 2.75) is 45.9 Å². The summed E-state index contributed by atoms with van der Waals surface area (Å²) in [6, 6.07) is 4.07. The second-order valence-electron chi connectivity index (χ2n) is 7.16. The van der Waals surface area contributed by atoms with Gasteiger partial charge in [0.2, 0.25) is 5.91 Å². The Kier molecular flexibility index (Phi) is 3.70. The highest BCUT2D eigenvalue weighted by atomic mass is 19.4. The first-order valence-corrected chi connectivity index (χ1v) is 7.02. The van der Waals surface area contributed by atoms with Crippen LogP contribution in [0, 0.1) is 5.41 Å². The average molecular weight is 315 g/mol. The van der Waals surface area contributed by atoms with Crippen LogP contribution in [0.5, 0.6) is 5.75 Å². The number of alkyl halides is 3. The van der Waals surface area contributed by atoms with E-state index >= 15 is 0 Å². The van der Waals surface area contributed by atoms with Gasteiger partial charge in [-0.1, -0.05) is 20.8 Å². The molecule has 2 rings (SSSR count). The molecule has 0 spiro atoms. The van der Waals surface area contributed by atoms with Gasteiger partial charge in [-0.3, -0.25) is 4.79 Å². The number of anilines is 1. The third-order valence-corrected chi connectivity index (χ3v) is 3.82. The standard InChI is InChI=1S/C16H20F3NO2/c1-14(2,3)9-15(4)11-8-10(22-16(17,18)19)6-7-12(11)20(5)13(15)21/h6-8H,9H2,1-5H3/t15-/m0/s1. The topological polar surface area (TPSA) is 29.5 Å². The minimum Gasteiger partial charge on any atom is -0.406 e. The Balaban J connectivity index is 2.50. The summed E-state index contributed by atoms with van der Waals surface area (Å²) in [6.07, 6.45) is -4.21. The van der Waals surface area contributed by atoms with E-state index in [0.29, 0.717) is 17.7 Å². The predicted octanol–water partition coefficient (Wildman–Crippen LogP) is 4.26.